The van der Waals surface area contributed by atoms with Gasteiger partial charge in [-0.3, -0.25) is 4.79 Å². The van der Waals surface area contributed by atoms with Gasteiger partial charge in [-0.1, -0.05) is 18.2 Å². The van der Waals surface area contributed by atoms with Crippen molar-refractivity contribution in [1.82, 2.24) is 14.8 Å². The van der Waals surface area contributed by atoms with Crippen LogP contribution in [0.4, 0.5) is 5.69 Å². The number of nitrogens with one attached hydrogen (secondary N) is 1. The maximum atomic E-state index is 12.2. The fourth-order valence-corrected chi connectivity index (χ4v) is 2.48. The highest BCUT2D eigenvalue weighted by atomic mass is 16.3. The maximum Gasteiger partial charge on any atom is 0.255 e. The number of hydrogen-bond acceptors (Lipinski definition) is 4. The lowest BCUT2D eigenvalue weighted by Crippen LogP contribution is -2.12. The molecule has 0 bridgehead atoms. The van der Waals surface area contributed by atoms with Gasteiger partial charge in [-0.2, -0.15) is 5.10 Å². The average molecular weight is 322 g/mol. The number of phenolic OH excluding ortho intramolecular Hbond substituents is 1. The molecule has 24 heavy (non-hydrogen) atoms. The lowest BCUT2D eigenvalue weighted by Gasteiger charge is -2.08. The third-order valence-corrected chi connectivity index (χ3v) is 3.59. The summed E-state index contributed by atoms with van der Waals surface area (Å²) in [6, 6.07) is 13.8. The molecule has 6 heteroatoms. The largest absolute Gasteiger partial charge is 0.508 e. The van der Waals surface area contributed by atoms with Crippen molar-refractivity contribution in [2.24, 2.45) is 0 Å². The lowest BCUT2D eigenvalue weighted by atomic mass is 10.1. The number of nitrogens with zero attached hydrogens (tertiary/aromatic N) is 3. The summed E-state index contributed by atoms with van der Waals surface area (Å²) in [5.74, 6) is 1.38. The number of carbonyl (C=O) groups excluding carboxylic acids is 1. The van der Waals surface area contributed by atoms with E-state index >= 15 is 0 Å². The molecule has 2 aromatic carbocycles. The van der Waals surface area contributed by atoms with Gasteiger partial charge in [-0.25, -0.2) is 9.67 Å². The number of carbonyl (C=O) groups is 1. The van der Waals surface area contributed by atoms with Crippen LogP contribution in [0.3, 0.4) is 0 Å². The van der Waals surface area contributed by atoms with Gasteiger partial charge in [-0.15, -0.1) is 0 Å². The summed E-state index contributed by atoms with van der Waals surface area (Å²) in [6.07, 6.45) is 0. The lowest BCUT2D eigenvalue weighted by molar-refractivity contribution is 0.102. The highest BCUT2D eigenvalue weighted by molar-refractivity contribution is 6.04. The predicted octanol–water partition coefficient (Wildman–Crippen LogP) is 2.90. The highest BCUT2D eigenvalue weighted by Gasteiger charge is 2.08. The third-order valence-electron chi connectivity index (χ3n) is 3.59. The number of rotatable bonds is 4. The standard InChI is InChI=1S/C18H18N4O2/c1-12-19-13(2)22(21-12)11-14-5-3-7-16(9-14)20-18(24)15-6-4-8-17(23)10-15/h3-10,23H,11H2,1-2H3,(H,20,24). The van der Waals surface area contributed by atoms with E-state index in [4.69, 9.17) is 0 Å². The van der Waals surface area contributed by atoms with Crippen LogP contribution in [0.25, 0.3) is 0 Å². The number of aromatic nitrogens is 3. The van der Waals surface area contributed by atoms with Gasteiger partial charge in [0, 0.05) is 11.3 Å². The van der Waals surface area contributed by atoms with E-state index in [1.807, 2.05) is 42.8 Å². The molecule has 3 rings (SSSR count). The quantitative estimate of drug-likeness (QED) is 0.774. The molecule has 0 atom stereocenters. The third kappa shape index (κ3) is 3.60. The molecule has 1 aromatic heterocycles. The normalized spacial score (nSPS) is 10.6. The Morgan fingerprint density at radius 2 is 1.96 bits per heavy atom. The van der Waals surface area contributed by atoms with Gasteiger partial charge < -0.3 is 10.4 Å². The number of benzene rings is 2. The Bertz CT molecular complexity index is 886. The van der Waals surface area contributed by atoms with Crippen LogP contribution in [-0.4, -0.2) is 25.8 Å². The van der Waals surface area contributed by atoms with Gasteiger partial charge >= 0.3 is 0 Å². The molecule has 0 fully saturated rings. The van der Waals surface area contributed by atoms with Crippen LogP contribution in [0.15, 0.2) is 48.5 Å². The van der Waals surface area contributed by atoms with E-state index in [1.165, 1.54) is 12.1 Å². The topological polar surface area (TPSA) is 80.0 Å². The van der Waals surface area contributed by atoms with Crippen molar-refractivity contribution < 1.29 is 9.90 Å². The predicted molar refractivity (Wildman–Crippen MR) is 91.1 cm³/mol. The molecule has 1 amide bonds. The molecule has 3 aromatic rings. The minimum Gasteiger partial charge on any atom is -0.508 e. The van der Waals surface area contributed by atoms with Crippen LogP contribution in [0.1, 0.15) is 27.6 Å². The average Bonchev–Trinajstić information content (AvgIpc) is 2.85. The molecule has 1 heterocycles. The molecule has 0 aliphatic carbocycles. The number of hydrogen-bond donors (Lipinski definition) is 2. The van der Waals surface area contributed by atoms with Crippen molar-refractivity contribution in [3.05, 3.63) is 71.3 Å². The van der Waals surface area contributed by atoms with E-state index in [2.05, 4.69) is 15.4 Å². The Morgan fingerprint density at radius 3 is 2.67 bits per heavy atom. The molecule has 0 unspecified atom stereocenters. The summed E-state index contributed by atoms with van der Waals surface area (Å²) in [5.41, 5.74) is 2.11. The van der Waals surface area contributed by atoms with Crippen LogP contribution in [0, 0.1) is 13.8 Å². The van der Waals surface area contributed by atoms with E-state index in [1.54, 1.807) is 12.1 Å². The molecule has 0 radical (unpaired) electrons. The SMILES string of the molecule is Cc1nc(C)n(Cc2cccc(NC(=O)c3cccc(O)c3)c2)n1. The Labute approximate surface area is 139 Å². The van der Waals surface area contributed by atoms with Crippen molar-refractivity contribution in [1.29, 1.82) is 0 Å². The first-order valence-electron chi connectivity index (χ1n) is 7.58. The van der Waals surface area contributed by atoms with Gasteiger partial charge in [0.05, 0.1) is 6.54 Å². The van der Waals surface area contributed by atoms with Gasteiger partial charge in [0.2, 0.25) is 0 Å². The molecule has 0 spiro atoms. The van der Waals surface area contributed by atoms with Gasteiger partial charge in [-0.05, 0) is 49.7 Å². The summed E-state index contributed by atoms with van der Waals surface area (Å²) in [6.45, 7) is 4.35. The van der Waals surface area contributed by atoms with Crippen LogP contribution in [0.5, 0.6) is 5.75 Å². The first-order chi connectivity index (χ1) is 11.5. The van der Waals surface area contributed by atoms with E-state index in [0.717, 1.165) is 17.2 Å². The Morgan fingerprint density at radius 1 is 1.17 bits per heavy atom. The summed E-state index contributed by atoms with van der Waals surface area (Å²) < 4.78 is 1.82. The van der Waals surface area contributed by atoms with Crippen molar-refractivity contribution >= 4 is 11.6 Å². The van der Waals surface area contributed by atoms with Crippen molar-refractivity contribution in [3.8, 4) is 5.75 Å². The van der Waals surface area contributed by atoms with Gasteiger partial charge in [0.25, 0.3) is 5.91 Å². The zero-order valence-corrected chi connectivity index (χ0v) is 13.5. The summed E-state index contributed by atoms with van der Waals surface area (Å²) in [7, 11) is 0. The zero-order valence-electron chi connectivity index (χ0n) is 13.5. The van der Waals surface area contributed by atoms with Gasteiger partial charge in [0.15, 0.2) is 0 Å². The van der Waals surface area contributed by atoms with Crippen molar-refractivity contribution in [2.75, 3.05) is 5.32 Å². The summed E-state index contributed by atoms with van der Waals surface area (Å²) in [5, 5.41) is 16.6. The molecule has 0 aliphatic heterocycles. The number of aromatic hydroxyl groups is 1. The molecule has 0 saturated heterocycles. The molecule has 0 aliphatic rings. The fourth-order valence-electron chi connectivity index (χ4n) is 2.48. The van der Waals surface area contributed by atoms with Crippen LogP contribution >= 0.6 is 0 Å². The fraction of sp³-hybridized carbons (Fsp3) is 0.167. The van der Waals surface area contributed by atoms with E-state index in [0.29, 0.717) is 17.8 Å². The summed E-state index contributed by atoms with van der Waals surface area (Å²) in [4.78, 5) is 16.5. The number of amides is 1. The second kappa shape index (κ2) is 6.54. The first-order valence-corrected chi connectivity index (χ1v) is 7.58. The molecular formula is C18H18N4O2. The number of aryl methyl sites for hydroxylation is 2. The van der Waals surface area contributed by atoms with Crippen molar-refractivity contribution in [2.45, 2.75) is 20.4 Å². The van der Waals surface area contributed by atoms with Crippen LogP contribution in [-0.2, 0) is 6.54 Å². The molecule has 6 nitrogen and oxygen atoms in total. The molecule has 2 N–H and O–H groups in total. The molecule has 122 valence electrons. The molecule has 0 saturated carbocycles. The molecular weight excluding hydrogens is 304 g/mol. The maximum absolute atomic E-state index is 12.2. The van der Waals surface area contributed by atoms with Gasteiger partial charge in [0.1, 0.15) is 17.4 Å². The monoisotopic (exact) mass is 322 g/mol. The first kappa shape index (κ1) is 15.7. The second-order valence-corrected chi connectivity index (χ2v) is 5.57. The number of phenols is 1. The van der Waals surface area contributed by atoms with Crippen molar-refractivity contribution in [3.63, 3.8) is 0 Å². The van der Waals surface area contributed by atoms with E-state index in [-0.39, 0.29) is 11.7 Å². The van der Waals surface area contributed by atoms with Crippen LogP contribution < -0.4 is 5.32 Å². The summed E-state index contributed by atoms with van der Waals surface area (Å²) >= 11 is 0. The Hall–Kier alpha value is -3.15. The zero-order chi connectivity index (χ0) is 17.1. The minimum atomic E-state index is -0.268. The Kier molecular flexibility index (Phi) is 4.29. The van der Waals surface area contributed by atoms with E-state index < -0.39 is 0 Å². The minimum absolute atomic E-state index is 0.0634. The van der Waals surface area contributed by atoms with Crippen LogP contribution in [0.2, 0.25) is 0 Å². The Balaban J connectivity index is 1.75. The van der Waals surface area contributed by atoms with E-state index in [9.17, 15) is 9.90 Å². The highest BCUT2D eigenvalue weighted by Crippen LogP contribution is 2.16. The number of anilines is 1. The second-order valence-electron chi connectivity index (χ2n) is 5.57. The smallest absolute Gasteiger partial charge is 0.255 e.